The highest BCUT2D eigenvalue weighted by Crippen LogP contribution is 2.45. The van der Waals surface area contributed by atoms with E-state index in [-0.39, 0.29) is 25.7 Å². The number of phosphoric acid groups is 2. The quantitative estimate of drug-likeness (QED) is 0.0222. The van der Waals surface area contributed by atoms with Gasteiger partial charge in [0.05, 0.1) is 26.4 Å². The number of hydrogen-bond donors (Lipinski definition) is 3. The van der Waals surface area contributed by atoms with Gasteiger partial charge in [-0.2, -0.15) is 0 Å². The summed E-state index contributed by atoms with van der Waals surface area (Å²) in [4.78, 5) is 72.6. The van der Waals surface area contributed by atoms with Crippen molar-refractivity contribution >= 4 is 39.5 Å². The van der Waals surface area contributed by atoms with E-state index in [1.807, 2.05) is 0 Å². The van der Waals surface area contributed by atoms with Gasteiger partial charge in [0.1, 0.15) is 19.3 Å². The molecule has 0 aromatic rings. The molecule has 0 spiro atoms. The molecule has 0 radical (unpaired) electrons. The lowest BCUT2D eigenvalue weighted by molar-refractivity contribution is -0.161. The van der Waals surface area contributed by atoms with Crippen LogP contribution in [0.2, 0.25) is 0 Å². The first kappa shape index (κ1) is 89.1. The van der Waals surface area contributed by atoms with Gasteiger partial charge in [0.2, 0.25) is 0 Å². The van der Waals surface area contributed by atoms with E-state index < -0.39 is 97.5 Å². The predicted molar refractivity (Wildman–Crippen MR) is 368 cm³/mol. The molecule has 0 rings (SSSR count). The van der Waals surface area contributed by atoms with Crippen LogP contribution >= 0.6 is 15.6 Å². The van der Waals surface area contributed by atoms with Crippen molar-refractivity contribution in [3.63, 3.8) is 0 Å². The van der Waals surface area contributed by atoms with E-state index >= 15 is 0 Å². The zero-order valence-corrected chi connectivity index (χ0v) is 61.1. The second kappa shape index (κ2) is 62.8. The predicted octanol–water partition coefficient (Wildman–Crippen LogP) is 20.6. The Morgan fingerprint density at radius 3 is 0.835 bits per heavy atom. The van der Waals surface area contributed by atoms with Crippen LogP contribution in [0, 0.1) is 17.8 Å². The topological polar surface area (TPSA) is 237 Å². The minimum absolute atomic E-state index is 0.102. The van der Waals surface area contributed by atoms with Crippen LogP contribution in [0.5, 0.6) is 0 Å². The Hall–Kier alpha value is -1.94. The lowest BCUT2D eigenvalue weighted by Crippen LogP contribution is -2.30. The molecule has 0 aliphatic heterocycles. The monoisotopic (exact) mass is 1340 g/mol. The highest BCUT2D eigenvalue weighted by molar-refractivity contribution is 7.47. The number of phosphoric ester groups is 2. The van der Waals surface area contributed by atoms with Gasteiger partial charge in [0.15, 0.2) is 12.2 Å². The maximum Gasteiger partial charge on any atom is 0.472 e. The van der Waals surface area contributed by atoms with Gasteiger partial charge in [-0.3, -0.25) is 37.3 Å². The van der Waals surface area contributed by atoms with Crippen molar-refractivity contribution in [1.29, 1.82) is 0 Å². The molecule has 540 valence electrons. The number of rotatable bonds is 70. The second-order valence-corrected chi connectivity index (χ2v) is 30.1. The Labute approximate surface area is 556 Å². The van der Waals surface area contributed by atoms with E-state index in [9.17, 15) is 43.2 Å². The van der Waals surface area contributed by atoms with E-state index in [4.69, 9.17) is 37.0 Å². The highest BCUT2D eigenvalue weighted by atomic mass is 31.2. The van der Waals surface area contributed by atoms with Crippen LogP contribution in [0.4, 0.5) is 0 Å². The fourth-order valence-corrected chi connectivity index (χ4v) is 12.4. The van der Waals surface area contributed by atoms with E-state index in [1.165, 1.54) is 167 Å². The summed E-state index contributed by atoms with van der Waals surface area (Å²) in [5, 5.41) is 10.6. The molecule has 19 heteroatoms. The summed E-state index contributed by atoms with van der Waals surface area (Å²) < 4.78 is 68.3. The molecule has 0 aromatic carbocycles. The average molecular weight is 1340 g/mol. The molecular formula is C72H140O17P2. The van der Waals surface area contributed by atoms with Crippen LogP contribution in [0.3, 0.4) is 0 Å². The summed E-state index contributed by atoms with van der Waals surface area (Å²) >= 11 is 0. The van der Waals surface area contributed by atoms with E-state index in [1.54, 1.807) is 0 Å². The fraction of sp³-hybridized carbons (Fsp3) is 0.944. The molecule has 0 saturated carbocycles. The Bertz CT molecular complexity index is 1790. The fourth-order valence-electron chi connectivity index (χ4n) is 10.9. The van der Waals surface area contributed by atoms with Crippen molar-refractivity contribution in [3.05, 3.63) is 0 Å². The molecule has 0 heterocycles. The number of unbranched alkanes of at least 4 members (excludes halogenated alkanes) is 37. The molecule has 0 aliphatic rings. The minimum atomic E-state index is -4.95. The van der Waals surface area contributed by atoms with Gasteiger partial charge in [-0.25, -0.2) is 9.13 Å². The molecule has 0 aromatic heterocycles. The molecule has 17 nitrogen and oxygen atoms in total. The normalized spacial score (nSPS) is 14.5. The summed E-state index contributed by atoms with van der Waals surface area (Å²) in [6, 6.07) is 0. The summed E-state index contributed by atoms with van der Waals surface area (Å²) in [6.45, 7) is 11.7. The van der Waals surface area contributed by atoms with Gasteiger partial charge in [-0.1, -0.05) is 312 Å². The molecule has 0 saturated heterocycles. The van der Waals surface area contributed by atoms with Gasteiger partial charge in [0, 0.05) is 25.7 Å². The van der Waals surface area contributed by atoms with E-state index in [0.717, 1.165) is 102 Å². The lowest BCUT2D eigenvalue weighted by Gasteiger charge is -2.21. The first-order valence-corrected chi connectivity index (χ1v) is 40.4. The average Bonchev–Trinajstić information content (AvgIpc) is 3.62. The summed E-state index contributed by atoms with van der Waals surface area (Å²) in [6.07, 6.45) is 47.4. The van der Waals surface area contributed by atoms with Crippen LogP contribution in [0.15, 0.2) is 0 Å². The maximum absolute atomic E-state index is 13.0. The summed E-state index contributed by atoms with van der Waals surface area (Å²) in [5.74, 6) is 0.0502. The Balaban J connectivity index is 5.21. The van der Waals surface area contributed by atoms with Gasteiger partial charge < -0.3 is 33.8 Å². The molecular weight excluding hydrogens is 1200 g/mol. The molecule has 3 N–H and O–H groups in total. The lowest BCUT2D eigenvalue weighted by atomic mass is 9.99. The van der Waals surface area contributed by atoms with Crippen LogP contribution in [-0.4, -0.2) is 96.7 Å². The standard InChI is InChI=1S/C72H140O17P2/c1-8-10-11-12-13-14-15-16-17-18-19-20-21-22-23-24-33-41-48-55-71(76)88-67(59-82-69(74)53-46-39-32-26-25-31-38-45-52-65(7)9-2)61-86-90(78,79)84-57-66(73)58-85-91(80,81)87-62-68(89-72(77)56-49-42-35-28-30-37-44-51-64(5)6)60-83-70(75)54-47-40-34-27-29-36-43-50-63(3)4/h63-68,73H,8-62H2,1-7H3,(H,78,79)(H,80,81)/t65?,66-,67-,68-/m1/s1. The molecule has 0 fully saturated rings. The third-order valence-electron chi connectivity index (χ3n) is 17.0. The van der Waals surface area contributed by atoms with E-state index in [0.29, 0.717) is 37.5 Å². The van der Waals surface area contributed by atoms with E-state index in [2.05, 4.69) is 48.5 Å². The number of ether oxygens (including phenoxy) is 4. The largest absolute Gasteiger partial charge is 0.472 e. The van der Waals surface area contributed by atoms with Crippen molar-refractivity contribution in [2.45, 2.75) is 381 Å². The number of hydrogen-bond acceptors (Lipinski definition) is 15. The first-order chi connectivity index (χ1) is 43.8. The number of carbonyl (C=O) groups excluding carboxylic acids is 4. The van der Waals surface area contributed by atoms with Crippen molar-refractivity contribution < 1.29 is 80.2 Å². The Morgan fingerprint density at radius 2 is 0.560 bits per heavy atom. The first-order valence-electron chi connectivity index (χ1n) is 37.4. The van der Waals surface area contributed by atoms with Crippen molar-refractivity contribution in [2.24, 2.45) is 17.8 Å². The summed E-state index contributed by atoms with van der Waals surface area (Å²) in [7, 11) is -9.90. The Morgan fingerprint density at radius 1 is 0.319 bits per heavy atom. The molecule has 6 atom stereocenters. The number of esters is 4. The van der Waals surface area contributed by atoms with Gasteiger partial charge in [-0.15, -0.1) is 0 Å². The highest BCUT2D eigenvalue weighted by Gasteiger charge is 2.30. The number of aliphatic hydroxyl groups is 1. The van der Waals surface area contributed by atoms with Gasteiger partial charge >= 0.3 is 39.5 Å². The third-order valence-corrected chi connectivity index (χ3v) is 18.9. The molecule has 3 unspecified atom stereocenters. The minimum Gasteiger partial charge on any atom is -0.462 e. The van der Waals surface area contributed by atoms with Crippen molar-refractivity contribution in [2.75, 3.05) is 39.6 Å². The zero-order valence-electron chi connectivity index (χ0n) is 59.3. The van der Waals surface area contributed by atoms with Gasteiger partial charge in [-0.05, 0) is 43.4 Å². The Kier molecular flexibility index (Phi) is 61.5. The smallest absolute Gasteiger partial charge is 0.462 e. The maximum atomic E-state index is 13.0. The summed E-state index contributed by atoms with van der Waals surface area (Å²) in [5.41, 5.74) is 0. The molecule has 0 aliphatic carbocycles. The molecule has 91 heavy (non-hydrogen) atoms. The number of carbonyl (C=O) groups is 4. The van der Waals surface area contributed by atoms with Crippen LogP contribution < -0.4 is 0 Å². The van der Waals surface area contributed by atoms with Crippen LogP contribution in [-0.2, 0) is 65.4 Å². The van der Waals surface area contributed by atoms with Crippen LogP contribution in [0.1, 0.15) is 363 Å². The van der Waals surface area contributed by atoms with Crippen molar-refractivity contribution in [1.82, 2.24) is 0 Å². The van der Waals surface area contributed by atoms with Gasteiger partial charge in [0.25, 0.3) is 0 Å². The molecule has 0 bridgehead atoms. The third kappa shape index (κ3) is 65.1. The zero-order chi connectivity index (χ0) is 67.3. The SMILES string of the molecule is CCCCCCCCCCCCCCCCCCCCCC(=O)O[C@H](COC(=O)CCCCCCCCCCC(C)CC)COP(=O)(O)OC[C@@H](O)COP(=O)(O)OC[C@@H](COC(=O)CCCCCCCCCC(C)C)OC(=O)CCCCCCCCCC(C)C. The van der Waals surface area contributed by atoms with Crippen molar-refractivity contribution in [3.8, 4) is 0 Å². The molecule has 0 amide bonds. The second-order valence-electron chi connectivity index (χ2n) is 27.2. The number of aliphatic hydroxyl groups excluding tert-OH is 1. The van der Waals surface area contributed by atoms with Crippen LogP contribution in [0.25, 0.3) is 0 Å².